The maximum Gasteiger partial charge on any atom is 0.222 e. The molecule has 1 fully saturated rings. The van der Waals surface area contributed by atoms with Crippen molar-refractivity contribution in [2.24, 2.45) is 5.92 Å². The minimum absolute atomic E-state index is 0.0225. The second-order valence-electron chi connectivity index (χ2n) is 6.44. The molecule has 1 aromatic carbocycles. The number of nitrogens with zero attached hydrogens (tertiary/aromatic N) is 2. The highest BCUT2D eigenvalue weighted by molar-refractivity contribution is 6.31. The van der Waals surface area contributed by atoms with Crippen molar-refractivity contribution in [2.75, 3.05) is 18.0 Å². The number of benzene rings is 1. The highest BCUT2D eigenvalue weighted by Gasteiger charge is 2.23. The smallest absolute Gasteiger partial charge is 0.222 e. The molecule has 1 aromatic heterocycles. The summed E-state index contributed by atoms with van der Waals surface area (Å²) in [6, 6.07) is 8.06. The first-order valence-electron chi connectivity index (χ1n) is 8.14. The van der Waals surface area contributed by atoms with Gasteiger partial charge in [0.1, 0.15) is 0 Å². The van der Waals surface area contributed by atoms with E-state index in [0.29, 0.717) is 5.02 Å². The van der Waals surface area contributed by atoms with Crippen molar-refractivity contribution in [2.45, 2.75) is 32.7 Å². The highest BCUT2D eigenvalue weighted by atomic mass is 35.5. The minimum Gasteiger partial charge on any atom is -0.369 e. The molecule has 2 heterocycles. The number of amides is 1. The lowest BCUT2D eigenvalue weighted by molar-refractivity contribution is -0.124. The van der Waals surface area contributed by atoms with Gasteiger partial charge in [-0.05, 0) is 37.1 Å². The lowest BCUT2D eigenvalue weighted by atomic mass is 10.0. The molecule has 5 heteroatoms. The van der Waals surface area contributed by atoms with E-state index >= 15 is 0 Å². The average molecular weight is 332 g/mol. The normalized spacial score (nSPS) is 18.4. The molecule has 0 radical (unpaired) electrons. The summed E-state index contributed by atoms with van der Waals surface area (Å²) < 4.78 is 0. The number of hydrogen-bond acceptors (Lipinski definition) is 3. The molecule has 1 N–H and O–H groups in total. The van der Waals surface area contributed by atoms with Crippen LogP contribution in [0.1, 0.15) is 26.7 Å². The standard InChI is InChI=1S/C18H22ClN3O/c1-12(2)18(23)21-14-4-3-9-22(11-14)17-7-8-20-16-10-13(19)5-6-15(16)17/h5-8,10,12,14H,3-4,9,11H2,1-2H3,(H,21,23). The predicted octanol–water partition coefficient (Wildman–Crippen LogP) is 3.63. The van der Waals surface area contributed by atoms with E-state index in [1.807, 2.05) is 44.3 Å². The molecule has 0 spiro atoms. The Labute approximate surface area is 141 Å². The molecule has 2 aromatic rings. The Morgan fingerprint density at radius 1 is 1.39 bits per heavy atom. The third kappa shape index (κ3) is 3.58. The van der Waals surface area contributed by atoms with Crippen LogP contribution in [0.2, 0.25) is 5.02 Å². The highest BCUT2D eigenvalue weighted by Crippen LogP contribution is 2.29. The van der Waals surface area contributed by atoms with Gasteiger partial charge in [-0.3, -0.25) is 9.78 Å². The van der Waals surface area contributed by atoms with Gasteiger partial charge in [0.25, 0.3) is 0 Å². The fraction of sp³-hybridized carbons (Fsp3) is 0.444. The van der Waals surface area contributed by atoms with E-state index in [4.69, 9.17) is 11.6 Å². The summed E-state index contributed by atoms with van der Waals surface area (Å²) in [6.45, 7) is 5.68. The van der Waals surface area contributed by atoms with E-state index in [1.54, 1.807) is 0 Å². The van der Waals surface area contributed by atoms with Crippen molar-refractivity contribution in [1.29, 1.82) is 0 Å². The van der Waals surface area contributed by atoms with Crippen molar-refractivity contribution >= 4 is 34.1 Å². The molecular weight excluding hydrogens is 310 g/mol. The molecule has 0 bridgehead atoms. The van der Waals surface area contributed by atoms with Gasteiger partial charge < -0.3 is 10.2 Å². The van der Waals surface area contributed by atoms with Crippen LogP contribution in [0.3, 0.4) is 0 Å². The fourth-order valence-corrected chi connectivity index (χ4v) is 3.23. The zero-order chi connectivity index (χ0) is 16.4. The second-order valence-corrected chi connectivity index (χ2v) is 6.88. The third-order valence-electron chi connectivity index (χ3n) is 4.31. The van der Waals surface area contributed by atoms with E-state index < -0.39 is 0 Å². The first-order valence-corrected chi connectivity index (χ1v) is 8.52. The summed E-state index contributed by atoms with van der Waals surface area (Å²) in [5.41, 5.74) is 2.07. The van der Waals surface area contributed by atoms with E-state index in [1.165, 1.54) is 0 Å². The molecular formula is C18H22ClN3O. The van der Waals surface area contributed by atoms with Crippen molar-refractivity contribution in [3.05, 3.63) is 35.5 Å². The summed E-state index contributed by atoms with van der Waals surface area (Å²) in [4.78, 5) is 18.7. The Kier molecular flexibility index (Phi) is 4.71. The number of carbonyl (C=O) groups excluding carboxylic acids is 1. The SMILES string of the molecule is CC(C)C(=O)NC1CCCN(c2ccnc3cc(Cl)ccc23)C1. The number of fused-ring (bicyclic) bond motifs is 1. The van der Waals surface area contributed by atoms with Crippen LogP contribution in [-0.4, -0.2) is 30.0 Å². The molecule has 3 rings (SSSR count). The van der Waals surface area contributed by atoms with Crippen molar-refractivity contribution in [3.63, 3.8) is 0 Å². The van der Waals surface area contributed by atoms with Crippen molar-refractivity contribution in [1.82, 2.24) is 10.3 Å². The maximum atomic E-state index is 11.9. The summed E-state index contributed by atoms with van der Waals surface area (Å²) in [5, 5.41) is 4.96. The zero-order valence-corrected chi connectivity index (χ0v) is 14.3. The third-order valence-corrected chi connectivity index (χ3v) is 4.55. The summed E-state index contributed by atoms with van der Waals surface area (Å²) in [6.07, 6.45) is 3.93. The van der Waals surface area contributed by atoms with Crippen molar-refractivity contribution in [3.8, 4) is 0 Å². The lowest BCUT2D eigenvalue weighted by Gasteiger charge is -2.35. The summed E-state index contributed by atoms with van der Waals surface area (Å²) in [5.74, 6) is 0.150. The van der Waals surface area contributed by atoms with Gasteiger partial charge in [-0.15, -0.1) is 0 Å². The average Bonchev–Trinajstić information content (AvgIpc) is 2.54. The lowest BCUT2D eigenvalue weighted by Crippen LogP contribution is -2.48. The number of pyridine rings is 1. The van der Waals surface area contributed by atoms with Crippen LogP contribution in [0.4, 0.5) is 5.69 Å². The first-order chi connectivity index (χ1) is 11.0. The molecule has 0 aliphatic carbocycles. The molecule has 1 unspecified atom stereocenters. The van der Waals surface area contributed by atoms with E-state index in [-0.39, 0.29) is 17.9 Å². The Hall–Kier alpha value is -1.81. The molecule has 1 atom stereocenters. The monoisotopic (exact) mass is 331 g/mol. The second kappa shape index (κ2) is 6.75. The van der Waals surface area contributed by atoms with Gasteiger partial charge >= 0.3 is 0 Å². The van der Waals surface area contributed by atoms with E-state index in [9.17, 15) is 4.79 Å². The number of hydrogen-bond donors (Lipinski definition) is 1. The topological polar surface area (TPSA) is 45.2 Å². The molecule has 23 heavy (non-hydrogen) atoms. The van der Waals surface area contributed by atoms with Crippen LogP contribution < -0.4 is 10.2 Å². The van der Waals surface area contributed by atoms with Gasteiger partial charge in [-0.1, -0.05) is 25.4 Å². The van der Waals surface area contributed by atoms with Crippen LogP contribution in [0, 0.1) is 5.92 Å². The quantitative estimate of drug-likeness (QED) is 0.934. The largest absolute Gasteiger partial charge is 0.369 e. The number of rotatable bonds is 3. The summed E-state index contributed by atoms with van der Waals surface area (Å²) in [7, 11) is 0. The molecule has 1 saturated heterocycles. The molecule has 0 saturated carbocycles. The molecule has 1 aliphatic heterocycles. The molecule has 122 valence electrons. The maximum absolute atomic E-state index is 11.9. The molecule has 1 amide bonds. The minimum atomic E-state index is 0.0225. The van der Waals surface area contributed by atoms with Gasteiger partial charge in [-0.25, -0.2) is 0 Å². The Balaban J connectivity index is 1.83. The van der Waals surface area contributed by atoms with Gasteiger partial charge in [0.05, 0.1) is 5.52 Å². The number of halogens is 1. The summed E-state index contributed by atoms with van der Waals surface area (Å²) >= 11 is 6.07. The van der Waals surface area contributed by atoms with Crippen LogP contribution >= 0.6 is 11.6 Å². The first kappa shape index (κ1) is 16.1. The van der Waals surface area contributed by atoms with Crippen molar-refractivity contribution < 1.29 is 4.79 Å². The Morgan fingerprint density at radius 3 is 3.00 bits per heavy atom. The Morgan fingerprint density at radius 2 is 2.22 bits per heavy atom. The van der Waals surface area contributed by atoms with Gasteiger partial charge in [-0.2, -0.15) is 0 Å². The van der Waals surface area contributed by atoms with Crippen LogP contribution in [0.25, 0.3) is 10.9 Å². The van der Waals surface area contributed by atoms with E-state index in [2.05, 4.69) is 15.2 Å². The van der Waals surface area contributed by atoms with Crippen LogP contribution in [-0.2, 0) is 4.79 Å². The number of carbonyl (C=O) groups is 1. The Bertz CT molecular complexity index is 716. The predicted molar refractivity (Wildman–Crippen MR) is 95.0 cm³/mol. The van der Waals surface area contributed by atoms with Gasteiger partial charge in [0.2, 0.25) is 5.91 Å². The van der Waals surface area contributed by atoms with Gasteiger partial charge in [0.15, 0.2) is 0 Å². The van der Waals surface area contributed by atoms with Crippen LogP contribution in [0.15, 0.2) is 30.5 Å². The number of aromatic nitrogens is 1. The zero-order valence-electron chi connectivity index (χ0n) is 13.6. The number of piperidine rings is 1. The fourth-order valence-electron chi connectivity index (χ4n) is 3.06. The van der Waals surface area contributed by atoms with Gasteiger partial charge in [0, 0.05) is 47.3 Å². The number of nitrogens with one attached hydrogen (secondary N) is 1. The molecule has 1 aliphatic rings. The number of anilines is 1. The molecule has 4 nitrogen and oxygen atoms in total. The van der Waals surface area contributed by atoms with E-state index in [0.717, 1.165) is 42.5 Å². The van der Waals surface area contributed by atoms with Crippen LogP contribution in [0.5, 0.6) is 0 Å².